The number of hydrogen-bond donors (Lipinski definition) is 0. The molecule has 0 spiro atoms. The van der Waals surface area contributed by atoms with Gasteiger partial charge in [0.25, 0.3) is 10.0 Å². The van der Waals surface area contributed by atoms with Crippen molar-refractivity contribution in [3.63, 3.8) is 0 Å². The van der Waals surface area contributed by atoms with Gasteiger partial charge in [-0.25, -0.2) is 27.1 Å². The maximum atomic E-state index is 15.2. The molecule has 37 heavy (non-hydrogen) atoms. The van der Waals surface area contributed by atoms with E-state index >= 15 is 4.39 Å². The van der Waals surface area contributed by atoms with Gasteiger partial charge in [0.15, 0.2) is 11.6 Å². The lowest BCUT2D eigenvalue weighted by Gasteiger charge is -2.24. The maximum Gasteiger partial charge on any atom is 0.269 e. The molecule has 0 amide bonds. The van der Waals surface area contributed by atoms with Crippen LogP contribution >= 0.6 is 0 Å². The van der Waals surface area contributed by atoms with Crippen molar-refractivity contribution in [2.45, 2.75) is 11.2 Å². The highest BCUT2D eigenvalue weighted by Crippen LogP contribution is 2.38. The van der Waals surface area contributed by atoms with Crippen molar-refractivity contribution in [2.24, 2.45) is 0 Å². The summed E-state index contributed by atoms with van der Waals surface area (Å²) >= 11 is 0. The zero-order chi connectivity index (χ0) is 25.4. The van der Waals surface area contributed by atoms with Crippen molar-refractivity contribution in [2.75, 3.05) is 17.5 Å². The lowest BCUT2D eigenvalue weighted by Crippen LogP contribution is -2.27. The number of sulfonamides is 1. The molecule has 1 aliphatic heterocycles. The second-order valence-corrected chi connectivity index (χ2v) is 10.0. The van der Waals surface area contributed by atoms with Crippen LogP contribution in [0.5, 0.6) is 0 Å². The standard InChI is InChI=1S/C27H20FN3O5S/c28-22-16-23-21(15-20(22)24-11-12-25(36-24)27-34-13-14-35-27)26(30-17-29-23)31(18-7-3-1-4-8-18)37(32,33)19-9-5-2-6-10-19/h1-12,15-17,27H,13-14H2. The molecule has 0 bridgehead atoms. The second kappa shape index (κ2) is 9.40. The van der Waals surface area contributed by atoms with Crippen LogP contribution in [-0.2, 0) is 19.5 Å². The van der Waals surface area contributed by atoms with E-state index in [0.29, 0.717) is 30.0 Å². The molecule has 0 aliphatic carbocycles. The van der Waals surface area contributed by atoms with E-state index in [9.17, 15) is 8.42 Å². The SMILES string of the molecule is O=S(=O)(c1ccccc1)N(c1ccccc1)c1ncnc2cc(F)c(-c3ccc(C4OCCO4)o3)cc12. The Kier molecular flexibility index (Phi) is 5.91. The fourth-order valence-electron chi connectivity index (χ4n) is 4.20. The third-order valence-electron chi connectivity index (χ3n) is 5.91. The summed E-state index contributed by atoms with van der Waals surface area (Å²) in [6.07, 6.45) is 0.563. The number of nitrogens with zero attached hydrogens (tertiary/aromatic N) is 3. The molecule has 5 aromatic rings. The van der Waals surface area contributed by atoms with Crippen molar-refractivity contribution >= 4 is 32.4 Å². The largest absolute Gasteiger partial charge is 0.456 e. The molecule has 10 heteroatoms. The van der Waals surface area contributed by atoms with Crippen LogP contribution in [-0.4, -0.2) is 31.6 Å². The highest BCUT2D eigenvalue weighted by Gasteiger charge is 2.30. The van der Waals surface area contributed by atoms with Crippen LogP contribution in [0.2, 0.25) is 0 Å². The number of halogens is 1. The van der Waals surface area contributed by atoms with E-state index in [1.807, 2.05) is 0 Å². The van der Waals surface area contributed by atoms with Crippen molar-refractivity contribution in [3.05, 3.63) is 103 Å². The Morgan fingerprint density at radius 1 is 0.865 bits per heavy atom. The van der Waals surface area contributed by atoms with Crippen LogP contribution in [0.4, 0.5) is 15.9 Å². The number of para-hydroxylation sites is 1. The van der Waals surface area contributed by atoms with Gasteiger partial charge in [-0.15, -0.1) is 0 Å². The van der Waals surface area contributed by atoms with Crippen molar-refractivity contribution < 1.29 is 26.7 Å². The van der Waals surface area contributed by atoms with Crippen molar-refractivity contribution in [3.8, 4) is 11.3 Å². The first-order valence-electron chi connectivity index (χ1n) is 11.5. The van der Waals surface area contributed by atoms with Gasteiger partial charge in [-0.2, -0.15) is 0 Å². The Balaban J connectivity index is 1.54. The number of hydrogen-bond acceptors (Lipinski definition) is 7. The van der Waals surface area contributed by atoms with E-state index in [1.165, 1.54) is 30.6 Å². The van der Waals surface area contributed by atoms with Crippen LogP contribution in [0.1, 0.15) is 12.1 Å². The second-order valence-electron chi connectivity index (χ2n) is 8.24. The highest BCUT2D eigenvalue weighted by atomic mass is 32.2. The third-order valence-corrected chi connectivity index (χ3v) is 7.65. The van der Waals surface area contributed by atoms with Gasteiger partial charge in [0.1, 0.15) is 17.9 Å². The molecule has 0 atom stereocenters. The van der Waals surface area contributed by atoms with Gasteiger partial charge in [0, 0.05) is 11.5 Å². The van der Waals surface area contributed by atoms with Gasteiger partial charge >= 0.3 is 0 Å². The minimum atomic E-state index is -4.10. The topological polar surface area (TPSA) is 94.8 Å². The van der Waals surface area contributed by atoms with E-state index in [1.54, 1.807) is 60.7 Å². The summed E-state index contributed by atoms with van der Waals surface area (Å²) < 4.78 is 60.9. The normalized spacial score (nSPS) is 14.3. The van der Waals surface area contributed by atoms with Gasteiger partial charge in [0.05, 0.1) is 34.9 Å². The zero-order valence-electron chi connectivity index (χ0n) is 19.3. The molecule has 0 saturated carbocycles. The van der Waals surface area contributed by atoms with E-state index in [0.717, 1.165) is 4.31 Å². The molecule has 1 aliphatic rings. The number of rotatable bonds is 6. The quantitative estimate of drug-likeness (QED) is 0.289. The molecule has 0 radical (unpaired) electrons. The summed E-state index contributed by atoms with van der Waals surface area (Å²) in [6, 6.07) is 22.6. The monoisotopic (exact) mass is 517 g/mol. The first-order valence-corrected chi connectivity index (χ1v) is 12.9. The fourth-order valence-corrected chi connectivity index (χ4v) is 5.68. The molecule has 3 aromatic carbocycles. The number of anilines is 2. The fraction of sp³-hybridized carbons (Fsp3) is 0.111. The molecule has 0 N–H and O–H groups in total. The summed E-state index contributed by atoms with van der Waals surface area (Å²) in [6.45, 7) is 0.883. The van der Waals surface area contributed by atoms with Crippen LogP contribution in [0.15, 0.2) is 101 Å². The molecule has 186 valence electrons. The predicted molar refractivity (Wildman–Crippen MR) is 134 cm³/mol. The molecule has 6 rings (SSSR count). The average molecular weight is 518 g/mol. The molecular weight excluding hydrogens is 497 g/mol. The van der Waals surface area contributed by atoms with E-state index in [2.05, 4.69) is 9.97 Å². The minimum Gasteiger partial charge on any atom is -0.456 e. The molecule has 3 heterocycles. The Hall–Kier alpha value is -4.12. The van der Waals surface area contributed by atoms with Crippen LogP contribution < -0.4 is 4.31 Å². The summed E-state index contributed by atoms with van der Waals surface area (Å²) in [5, 5.41) is 0.327. The summed E-state index contributed by atoms with van der Waals surface area (Å²) in [4.78, 5) is 8.63. The first kappa shape index (κ1) is 23.3. The smallest absolute Gasteiger partial charge is 0.269 e. The van der Waals surface area contributed by atoms with E-state index in [4.69, 9.17) is 13.9 Å². The molecule has 1 saturated heterocycles. The Bertz CT molecular complexity index is 1670. The Labute approximate surface area is 212 Å². The number of aromatic nitrogens is 2. The van der Waals surface area contributed by atoms with E-state index < -0.39 is 22.1 Å². The highest BCUT2D eigenvalue weighted by molar-refractivity contribution is 7.93. The lowest BCUT2D eigenvalue weighted by atomic mass is 10.1. The number of fused-ring (bicyclic) bond motifs is 1. The van der Waals surface area contributed by atoms with Gasteiger partial charge in [-0.1, -0.05) is 36.4 Å². The van der Waals surface area contributed by atoms with Gasteiger partial charge in [-0.05, 0) is 42.5 Å². The van der Waals surface area contributed by atoms with Gasteiger partial charge in [-0.3, -0.25) is 0 Å². The molecular formula is C27H20FN3O5S. The lowest BCUT2D eigenvalue weighted by molar-refractivity contribution is -0.0585. The number of furan rings is 1. The van der Waals surface area contributed by atoms with Crippen molar-refractivity contribution in [1.29, 1.82) is 0 Å². The van der Waals surface area contributed by atoms with E-state index in [-0.39, 0.29) is 27.6 Å². The zero-order valence-corrected chi connectivity index (χ0v) is 20.1. The Morgan fingerprint density at radius 2 is 1.57 bits per heavy atom. The third kappa shape index (κ3) is 4.25. The average Bonchev–Trinajstić information content (AvgIpc) is 3.62. The number of ether oxygens (including phenoxy) is 2. The summed E-state index contributed by atoms with van der Waals surface area (Å²) in [5.74, 6) is 0.147. The molecule has 1 fully saturated rings. The minimum absolute atomic E-state index is 0.0792. The van der Waals surface area contributed by atoms with Crippen LogP contribution in [0.25, 0.3) is 22.2 Å². The Morgan fingerprint density at radius 3 is 2.30 bits per heavy atom. The van der Waals surface area contributed by atoms with Gasteiger partial charge in [0.2, 0.25) is 6.29 Å². The first-order chi connectivity index (χ1) is 18.0. The van der Waals surface area contributed by atoms with Crippen molar-refractivity contribution in [1.82, 2.24) is 9.97 Å². The maximum absolute atomic E-state index is 15.2. The molecule has 8 nitrogen and oxygen atoms in total. The molecule has 0 unspecified atom stereocenters. The van der Waals surface area contributed by atoms with Gasteiger partial charge < -0.3 is 13.9 Å². The molecule has 2 aromatic heterocycles. The predicted octanol–water partition coefficient (Wildman–Crippen LogP) is 5.60. The summed E-state index contributed by atoms with van der Waals surface area (Å²) in [5.41, 5.74) is 0.732. The van der Waals surface area contributed by atoms with Crippen LogP contribution in [0.3, 0.4) is 0 Å². The van der Waals surface area contributed by atoms with Crippen LogP contribution in [0, 0.1) is 5.82 Å². The number of benzene rings is 3. The summed E-state index contributed by atoms with van der Waals surface area (Å²) in [7, 11) is -4.10.